The van der Waals surface area contributed by atoms with E-state index in [1.54, 1.807) is 23.1 Å². The van der Waals surface area contributed by atoms with Crippen LogP contribution in [0.15, 0.2) is 54.6 Å². The lowest BCUT2D eigenvalue weighted by atomic mass is 9.93. The molecule has 1 aromatic heterocycles. The number of carbonyl (C=O) groups excluding carboxylic acids is 2. The third kappa shape index (κ3) is 5.50. The minimum absolute atomic E-state index is 0.0277. The summed E-state index contributed by atoms with van der Waals surface area (Å²) >= 11 is 0. The molecule has 2 amide bonds. The molecule has 10 nitrogen and oxygen atoms in total. The van der Waals surface area contributed by atoms with Crippen molar-refractivity contribution in [3.05, 3.63) is 99.6 Å². The highest BCUT2D eigenvalue weighted by Gasteiger charge is 2.34. The number of benzene rings is 3. The number of amides is 2. The van der Waals surface area contributed by atoms with Gasteiger partial charge in [0.05, 0.1) is 17.9 Å². The summed E-state index contributed by atoms with van der Waals surface area (Å²) in [6, 6.07) is 16.2. The Balaban J connectivity index is 1.16. The van der Waals surface area contributed by atoms with Gasteiger partial charge in [-0.1, -0.05) is 42.5 Å². The molecule has 0 radical (unpaired) electrons. The number of nitrogens with zero attached hydrogens (tertiary/aromatic N) is 6. The van der Waals surface area contributed by atoms with Crippen molar-refractivity contribution in [1.29, 1.82) is 0 Å². The van der Waals surface area contributed by atoms with Crippen LogP contribution in [0.4, 0.5) is 16.0 Å². The number of piperazine rings is 1. The Bertz CT molecular complexity index is 1840. The van der Waals surface area contributed by atoms with E-state index in [1.165, 1.54) is 11.0 Å². The first kappa shape index (κ1) is 29.9. The highest BCUT2D eigenvalue weighted by Crippen LogP contribution is 2.42. The summed E-state index contributed by atoms with van der Waals surface area (Å²) in [7, 11) is 3.78. The van der Waals surface area contributed by atoms with Crippen molar-refractivity contribution in [2.75, 3.05) is 44.4 Å². The fourth-order valence-electron chi connectivity index (χ4n) is 6.66. The van der Waals surface area contributed by atoms with Crippen molar-refractivity contribution in [3.63, 3.8) is 0 Å². The Morgan fingerprint density at radius 1 is 0.957 bits per heavy atom. The van der Waals surface area contributed by atoms with Crippen LogP contribution in [-0.2, 0) is 24.2 Å². The lowest BCUT2D eigenvalue weighted by molar-refractivity contribution is -0.139. The number of carbonyl (C=O) groups is 2. The van der Waals surface area contributed by atoms with Gasteiger partial charge in [0.2, 0.25) is 11.9 Å². The number of likely N-dealkylation sites (N-methyl/N-ethyl adjacent to an activating group) is 2. The summed E-state index contributed by atoms with van der Waals surface area (Å²) in [5.41, 5.74) is 11.2. The van der Waals surface area contributed by atoms with Crippen LogP contribution in [0.3, 0.4) is 0 Å². The zero-order valence-corrected chi connectivity index (χ0v) is 25.9. The molecule has 46 heavy (non-hydrogen) atoms. The molecule has 3 aromatic carbocycles. The van der Waals surface area contributed by atoms with Gasteiger partial charge in [-0.3, -0.25) is 14.5 Å². The van der Waals surface area contributed by atoms with E-state index in [9.17, 15) is 14.7 Å². The second kappa shape index (κ2) is 11.9. The minimum atomic E-state index is -0.497. The number of aliphatic hydroxyl groups is 1. The maximum atomic E-state index is 15.3. The Labute approximate surface area is 266 Å². The highest BCUT2D eigenvalue weighted by atomic mass is 19.1. The monoisotopic (exact) mass is 621 g/mol. The average molecular weight is 622 g/mol. The van der Waals surface area contributed by atoms with E-state index in [2.05, 4.69) is 14.9 Å². The van der Waals surface area contributed by atoms with Gasteiger partial charge in [0, 0.05) is 44.2 Å². The SMILES string of the molecule is CN1CCN(C)C(c2ccc(Cc3nc(N)nc(-c4cccc(N5CCc6cc(C7CC7)cc(F)c6C5=O)c4CO)n3)cc2)C1=O. The third-order valence-corrected chi connectivity index (χ3v) is 9.34. The molecule has 7 rings (SSSR count). The maximum Gasteiger partial charge on any atom is 0.261 e. The second-order valence-corrected chi connectivity index (χ2v) is 12.5. The highest BCUT2D eigenvalue weighted by molar-refractivity contribution is 6.09. The average Bonchev–Trinajstić information content (AvgIpc) is 3.89. The third-order valence-electron chi connectivity index (χ3n) is 9.34. The van der Waals surface area contributed by atoms with Crippen LogP contribution >= 0.6 is 0 Å². The quantitative estimate of drug-likeness (QED) is 0.318. The molecule has 1 saturated heterocycles. The van der Waals surface area contributed by atoms with Crippen molar-refractivity contribution in [3.8, 4) is 11.4 Å². The lowest BCUT2D eigenvalue weighted by Gasteiger charge is -2.37. The van der Waals surface area contributed by atoms with Gasteiger partial charge >= 0.3 is 0 Å². The van der Waals surface area contributed by atoms with E-state index in [-0.39, 0.29) is 29.3 Å². The number of hydrogen-bond acceptors (Lipinski definition) is 8. The van der Waals surface area contributed by atoms with Crippen LogP contribution in [-0.4, -0.2) is 75.4 Å². The number of halogens is 1. The predicted octanol–water partition coefficient (Wildman–Crippen LogP) is 3.87. The number of nitrogens with two attached hydrogens (primary N) is 1. The van der Waals surface area contributed by atoms with E-state index in [0.29, 0.717) is 54.5 Å². The summed E-state index contributed by atoms with van der Waals surface area (Å²) in [6.07, 6.45) is 2.99. The number of aliphatic hydroxyl groups excluding tert-OH is 1. The van der Waals surface area contributed by atoms with E-state index >= 15 is 4.39 Å². The van der Waals surface area contributed by atoms with Crippen molar-refractivity contribution in [1.82, 2.24) is 24.8 Å². The molecule has 3 N–H and O–H groups in total. The Morgan fingerprint density at radius 2 is 1.74 bits per heavy atom. The van der Waals surface area contributed by atoms with Crippen molar-refractivity contribution in [2.45, 2.75) is 44.2 Å². The molecule has 0 bridgehead atoms. The molecule has 3 aliphatic rings. The Kier molecular flexibility index (Phi) is 7.74. The van der Waals surface area contributed by atoms with Crippen LogP contribution < -0.4 is 10.6 Å². The van der Waals surface area contributed by atoms with Crippen molar-refractivity contribution < 1.29 is 19.1 Å². The van der Waals surface area contributed by atoms with E-state index in [1.807, 2.05) is 44.4 Å². The van der Waals surface area contributed by atoms with Crippen LogP contribution in [0.5, 0.6) is 0 Å². The number of fused-ring (bicyclic) bond motifs is 1. The molecule has 11 heteroatoms. The maximum absolute atomic E-state index is 15.3. The molecular weight excluding hydrogens is 585 g/mol. The van der Waals surface area contributed by atoms with E-state index in [0.717, 1.165) is 41.6 Å². The van der Waals surface area contributed by atoms with Gasteiger partial charge in [0.15, 0.2) is 5.82 Å². The van der Waals surface area contributed by atoms with Crippen molar-refractivity contribution in [2.24, 2.45) is 0 Å². The molecule has 1 atom stereocenters. The number of anilines is 2. The molecule has 0 spiro atoms. The Hall–Kier alpha value is -4.74. The number of hydrogen-bond donors (Lipinski definition) is 2. The van der Waals surface area contributed by atoms with Crippen LogP contribution in [0, 0.1) is 5.82 Å². The van der Waals surface area contributed by atoms with Gasteiger partial charge in [-0.25, -0.2) is 9.37 Å². The van der Waals surface area contributed by atoms with E-state index < -0.39 is 18.3 Å². The topological polar surface area (TPSA) is 129 Å². The number of nitrogen functional groups attached to an aromatic ring is 1. The molecule has 236 valence electrons. The first-order chi connectivity index (χ1) is 22.2. The molecular formula is C35H36FN7O3. The molecule has 3 heterocycles. The molecule has 1 saturated carbocycles. The van der Waals surface area contributed by atoms with Gasteiger partial charge < -0.3 is 20.6 Å². The first-order valence-corrected chi connectivity index (χ1v) is 15.6. The fourth-order valence-corrected chi connectivity index (χ4v) is 6.66. The van der Waals surface area contributed by atoms with Crippen LogP contribution in [0.25, 0.3) is 11.4 Å². The molecule has 4 aromatic rings. The zero-order chi connectivity index (χ0) is 32.1. The molecule has 2 fully saturated rings. The smallest absolute Gasteiger partial charge is 0.261 e. The number of aromatic nitrogens is 3. The van der Waals surface area contributed by atoms with Gasteiger partial charge in [-0.05, 0) is 66.6 Å². The first-order valence-electron chi connectivity index (χ1n) is 15.6. The van der Waals surface area contributed by atoms with Gasteiger partial charge in [-0.2, -0.15) is 9.97 Å². The van der Waals surface area contributed by atoms with Crippen molar-refractivity contribution >= 4 is 23.5 Å². The predicted molar refractivity (Wildman–Crippen MR) is 172 cm³/mol. The summed E-state index contributed by atoms with van der Waals surface area (Å²) in [4.78, 5) is 45.2. The van der Waals surface area contributed by atoms with Gasteiger partial charge in [-0.15, -0.1) is 0 Å². The Morgan fingerprint density at radius 3 is 2.48 bits per heavy atom. The largest absolute Gasteiger partial charge is 0.392 e. The van der Waals surface area contributed by atoms with Crippen LogP contribution in [0.2, 0.25) is 0 Å². The summed E-state index contributed by atoms with van der Waals surface area (Å²) in [5, 5.41) is 10.5. The second-order valence-electron chi connectivity index (χ2n) is 12.5. The summed E-state index contributed by atoms with van der Waals surface area (Å²) in [6.45, 7) is 1.47. The molecule has 2 aliphatic heterocycles. The summed E-state index contributed by atoms with van der Waals surface area (Å²) in [5.74, 6) is 0.267. The normalized spacial score (nSPS) is 18.7. The number of rotatable bonds is 7. The summed E-state index contributed by atoms with van der Waals surface area (Å²) < 4.78 is 15.3. The van der Waals surface area contributed by atoms with Gasteiger partial charge in [0.25, 0.3) is 5.91 Å². The molecule has 1 unspecified atom stereocenters. The zero-order valence-electron chi connectivity index (χ0n) is 25.9. The standard InChI is InChI=1S/C35H36FN7O3/c1-41-14-15-42(2)34(46)31(41)22-8-6-20(7-9-22)16-29-38-32(40-35(37)39-29)25-4-3-5-28(26(25)19-44)43-13-12-23-17-24(21-10-11-21)18-27(36)30(23)33(43)45/h3-9,17-18,21,31,44H,10-16,19H2,1-2H3,(H2,37,38,39,40). The fraction of sp³-hybridized carbons (Fsp3) is 0.343. The minimum Gasteiger partial charge on any atom is -0.392 e. The van der Waals surface area contributed by atoms with Crippen LogP contribution in [0.1, 0.15) is 68.8 Å². The molecule has 1 aliphatic carbocycles. The van der Waals surface area contributed by atoms with E-state index in [4.69, 9.17) is 10.7 Å². The lowest BCUT2D eigenvalue weighted by Crippen LogP contribution is -2.48. The van der Waals surface area contributed by atoms with Gasteiger partial charge in [0.1, 0.15) is 17.7 Å².